The minimum atomic E-state index is -0.585. The van der Waals surface area contributed by atoms with E-state index >= 15 is 0 Å². The van der Waals surface area contributed by atoms with Crippen LogP contribution < -0.4 is 9.80 Å². The SMILES string of the molecule is Cc1ccc(N(c2ccc(C)cc2)c2ccc3c(c2)C2(c4cc(N(c5ccc(C)cc5)c5ccc(C)cc5)ccc4-3)c3ccccc3-c3c2ccc2sc4ccccc4c32)cc1. The van der Waals surface area contributed by atoms with Crippen LogP contribution in [0.15, 0.2) is 194 Å². The Morgan fingerprint density at radius 3 is 1.27 bits per heavy atom. The first kappa shape index (κ1) is 36.6. The molecule has 2 aliphatic carbocycles. The fourth-order valence-corrected chi connectivity index (χ4v) is 11.5. The summed E-state index contributed by atoms with van der Waals surface area (Å²) in [5, 5.41) is 2.68. The maximum Gasteiger partial charge on any atom is 0.0727 e. The van der Waals surface area contributed by atoms with Gasteiger partial charge in [-0.25, -0.2) is 0 Å². The number of thiophene rings is 1. The van der Waals surface area contributed by atoms with Gasteiger partial charge in [-0.05, 0) is 157 Å². The normalized spacial score (nSPS) is 13.0. The molecule has 1 aromatic heterocycles. The van der Waals surface area contributed by atoms with Crippen molar-refractivity contribution in [1.82, 2.24) is 0 Å². The van der Waals surface area contributed by atoms with Gasteiger partial charge in [0.15, 0.2) is 0 Å². The predicted molar refractivity (Wildman–Crippen MR) is 264 cm³/mol. The summed E-state index contributed by atoms with van der Waals surface area (Å²) >= 11 is 1.90. The van der Waals surface area contributed by atoms with Gasteiger partial charge >= 0.3 is 0 Å². The van der Waals surface area contributed by atoms with Gasteiger partial charge in [-0.1, -0.05) is 131 Å². The van der Waals surface area contributed by atoms with Crippen LogP contribution in [-0.4, -0.2) is 0 Å². The van der Waals surface area contributed by atoms with Gasteiger partial charge in [0.2, 0.25) is 0 Å². The second kappa shape index (κ2) is 13.9. The first-order valence-electron chi connectivity index (χ1n) is 21.6. The Morgan fingerprint density at radius 1 is 0.339 bits per heavy atom. The van der Waals surface area contributed by atoms with Crippen molar-refractivity contribution in [3.63, 3.8) is 0 Å². The number of hydrogen-bond donors (Lipinski definition) is 0. The summed E-state index contributed by atoms with van der Waals surface area (Å²) in [7, 11) is 0. The van der Waals surface area contributed by atoms with E-state index in [-0.39, 0.29) is 0 Å². The molecule has 0 aliphatic heterocycles. The maximum absolute atomic E-state index is 2.51. The predicted octanol–water partition coefficient (Wildman–Crippen LogP) is 16.6. The molecule has 0 radical (unpaired) electrons. The van der Waals surface area contributed by atoms with Crippen LogP contribution in [0, 0.1) is 27.7 Å². The fraction of sp³-hybridized carbons (Fsp3) is 0.0847. The molecule has 1 spiro atoms. The lowest BCUT2D eigenvalue weighted by Gasteiger charge is -2.33. The number of benzene rings is 9. The first-order valence-corrected chi connectivity index (χ1v) is 22.4. The van der Waals surface area contributed by atoms with Crippen LogP contribution in [0.5, 0.6) is 0 Å². The number of hydrogen-bond acceptors (Lipinski definition) is 3. The summed E-state index contributed by atoms with van der Waals surface area (Å²) < 4.78 is 2.65. The van der Waals surface area contributed by atoms with Crippen LogP contribution in [-0.2, 0) is 5.41 Å². The topological polar surface area (TPSA) is 6.48 Å². The smallest absolute Gasteiger partial charge is 0.0727 e. The molecule has 0 amide bonds. The van der Waals surface area contributed by atoms with Gasteiger partial charge in [0.05, 0.1) is 5.41 Å². The number of nitrogens with zero attached hydrogens (tertiary/aromatic N) is 2. The Hall–Kier alpha value is -7.20. The van der Waals surface area contributed by atoms with E-state index in [1.807, 2.05) is 11.3 Å². The van der Waals surface area contributed by atoms with Gasteiger partial charge in [0, 0.05) is 54.3 Å². The van der Waals surface area contributed by atoms with Crippen molar-refractivity contribution in [3.8, 4) is 22.3 Å². The highest BCUT2D eigenvalue weighted by Crippen LogP contribution is 2.65. The zero-order valence-electron chi connectivity index (χ0n) is 35.3. The van der Waals surface area contributed by atoms with Crippen LogP contribution in [0.4, 0.5) is 34.1 Å². The zero-order chi connectivity index (χ0) is 41.7. The standard InChI is InChI=1S/C59H44N2S/c1-37-13-21-41(22-14-37)60(42-23-15-38(2)16-24-42)45-29-31-47-48-32-30-46(61(43-25-17-39(3)18-26-43)44-27-19-40(4)20-28-44)36-54(48)59(53(47)35-45)51-11-7-5-9-49(51)57-52(59)33-34-56-58(57)50-10-6-8-12-55(50)62-56/h5-36H,1-4H3. The molecule has 0 saturated heterocycles. The van der Waals surface area contributed by atoms with Crippen molar-refractivity contribution in [2.45, 2.75) is 33.1 Å². The van der Waals surface area contributed by atoms with Gasteiger partial charge in [0.25, 0.3) is 0 Å². The van der Waals surface area contributed by atoms with Gasteiger partial charge in [0.1, 0.15) is 0 Å². The van der Waals surface area contributed by atoms with Crippen LogP contribution in [0.1, 0.15) is 44.5 Å². The van der Waals surface area contributed by atoms with E-state index in [1.54, 1.807) is 0 Å². The molecular weight excluding hydrogens is 769 g/mol. The third-order valence-corrected chi connectivity index (χ3v) is 14.5. The lowest BCUT2D eigenvalue weighted by Crippen LogP contribution is -2.26. The van der Waals surface area contributed by atoms with Crippen LogP contribution in [0.25, 0.3) is 42.4 Å². The van der Waals surface area contributed by atoms with Crippen LogP contribution in [0.3, 0.4) is 0 Å². The lowest BCUT2D eigenvalue weighted by atomic mass is 9.70. The molecule has 3 heteroatoms. The monoisotopic (exact) mass is 812 g/mol. The molecule has 0 bridgehead atoms. The van der Waals surface area contributed by atoms with E-state index in [0.29, 0.717) is 0 Å². The molecule has 10 aromatic rings. The number of anilines is 6. The lowest BCUT2D eigenvalue weighted by molar-refractivity contribution is 0.794. The summed E-state index contributed by atoms with van der Waals surface area (Å²) in [5.74, 6) is 0. The van der Waals surface area contributed by atoms with Crippen LogP contribution in [0.2, 0.25) is 0 Å². The highest BCUT2D eigenvalue weighted by Gasteiger charge is 2.52. The number of fused-ring (bicyclic) bond motifs is 14. The summed E-state index contributed by atoms with van der Waals surface area (Å²) in [6.07, 6.45) is 0. The third-order valence-electron chi connectivity index (χ3n) is 13.3. The van der Waals surface area contributed by atoms with Crippen molar-refractivity contribution < 1.29 is 0 Å². The summed E-state index contributed by atoms with van der Waals surface area (Å²) in [4.78, 5) is 4.85. The molecule has 0 saturated carbocycles. The Morgan fingerprint density at radius 2 is 0.774 bits per heavy atom. The zero-order valence-corrected chi connectivity index (χ0v) is 36.1. The molecule has 0 atom stereocenters. The molecule has 12 rings (SSSR count). The Kier molecular flexibility index (Phi) is 8.23. The molecule has 62 heavy (non-hydrogen) atoms. The summed E-state index contributed by atoms with van der Waals surface area (Å²) in [6, 6.07) is 73.3. The van der Waals surface area contributed by atoms with Gasteiger partial charge in [-0.15, -0.1) is 11.3 Å². The van der Waals surface area contributed by atoms with Crippen molar-refractivity contribution in [2.75, 3.05) is 9.80 Å². The van der Waals surface area contributed by atoms with Crippen LogP contribution >= 0.6 is 11.3 Å². The van der Waals surface area contributed by atoms with E-state index in [1.165, 1.54) is 86.9 Å². The van der Waals surface area contributed by atoms with Gasteiger partial charge in [-0.2, -0.15) is 0 Å². The summed E-state index contributed by atoms with van der Waals surface area (Å²) in [5.41, 5.74) is 21.7. The molecule has 2 aliphatic rings. The minimum Gasteiger partial charge on any atom is -0.310 e. The summed E-state index contributed by atoms with van der Waals surface area (Å²) in [6.45, 7) is 8.64. The number of aryl methyl sites for hydroxylation is 4. The van der Waals surface area contributed by atoms with E-state index in [9.17, 15) is 0 Å². The molecule has 2 nitrogen and oxygen atoms in total. The second-order valence-corrected chi connectivity index (χ2v) is 18.3. The third kappa shape index (κ3) is 5.41. The highest BCUT2D eigenvalue weighted by atomic mass is 32.1. The molecule has 296 valence electrons. The Bertz CT molecular complexity index is 3140. The molecule has 0 unspecified atom stereocenters. The fourth-order valence-electron chi connectivity index (χ4n) is 10.4. The van der Waals surface area contributed by atoms with Crippen molar-refractivity contribution in [1.29, 1.82) is 0 Å². The van der Waals surface area contributed by atoms with Crippen molar-refractivity contribution in [2.24, 2.45) is 0 Å². The van der Waals surface area contributed by atoms with Gasteiger partial charge < -0.3 is 9.80 Å². The van der Waals surface area contributed by atoms with E-state index < -0.39 is 5.41 Å². The van der Waals surface area contributed by atoms with E-state index in [4.69, 9.17) is 0 Å². The van der Waals surface area contributed by atoms with E-state index in [2.05, 4.69) is 232 Å². The molecule has 9 aromatic carbocycles. The number of rotatable bonds is 6. The Balaban J connectivity index is 1.17. The molecule has 0 fully saturated rings. The van der Waals surface area contributed by atoms with Crippen molar-refractivity contribution >= 4 is 65.6 Å². The molecule has 0 N–H and O–H groups in total. The second-order valence-electron chi connectivity index (χ2n) is 17.2. The Labute approximate surface area is 367 Å². The van der Waals surface area contributed by atoms with E-state index in [0.717, 1.165) is 34.1 Å². The molecule has 1 heterocycles. The average Bonchev–Trinajstić information content (AvgIpc) is 3.93. The molecular formula is C59H44N2S. The highest BCUT2D eigenvalue weighted by molar-refractivity contribution is 7.26. The van der Waals surface area contributed by atoms with Gasteiger partial charge in [-0.3, -0.25) is 0 Å². The minimum absolute atomic E-state index is 0.585. The average molecular weight is 813 g/mol. The quantitative estimate of drug-likeness (QED) is 0.165. The first-order chi connectivity index (χ1) is 30.4. The van der Waals surface area contributed by atoms with Crippen molar-refractivity contribution in [3.05, 3.63) is 239 Å². The largest absolute Gasteiger partial charge is 0.310 e. The maximum atomic E-state index is 2.51.